The van der Waals surface area contributed by atoms with Crippen LogP contribution in [0.25, 0.3) is 10.9 Å². The van der Waals surface area contributed by atoms with E-state index < -0.39 is 0 Å². The molecule has 0 radical (unpaired) electrons. The fraction of sp³-hybridized carbons (Fsp3) is 0.526. The number of hydrogen-bond donors (Lipinski definition) is 1. The quantitative estimate of drug-likeness (QED) is 0.922. The third-order valence-electron chi connectivity index (χ3n) is 5.34. The van der Waals surface area contributed by atoms with Crippen molar-refractivity contribution in [3.8, 4) is 0 Å². The number of benzene rings is 1. The number of H-pyrrole nitrogens is 1. The SMILES string of the molecule is O=C(c1c[nH]c2ccccc12)N1CCCN(C2CCOCC2)CC1. The lowest BCUT2D eigenvalue weighted by Crippen LogP contribution is -2.42. The minimum atomic E-state index is 0.154. The summed E-state index contributed by atoms with van der Waals surface area (Å²) >= 11 is 0. The maximum atomic E-state index is 13.0. The summed E-state index contributed by atoms with van der Waals surface area (Å²) in [6, 6.07) is 8.64. The van der Waals surface area contributed by atoms with Crippen molar-refractivity contribution in [2.45, 2.75) is 25.3 Å². The number of nitrogens with zero attached hydrogens (tertiary/aromatic N) is 2. The number of amides is 1. The Balaban J connectivity index is 1.45. The first-order valence-corrected chi connectivity index (χ1v) is 9.00. The minimum absolute atomic E-state index is 0.154. The minimum Gasteiger partial charge on any atom is -0.381 e. The van der Waals surface area contributed by atoms with E-state index in [4.69, 9.17) is 4.74 Å². The van der Waals surface area contributed by atoms with Crippen molar-refractivity contribution < 1.29 is 9.53 Å². The fourth-order valence-corrected chi connectivity index (χ4v) is 3.97. The van der Waals surface area contributed by atoms with Crippen molar-refractivity contribution >= 4 is 16.8 Å². The largest absolute Gasteiger partial charge is 0.381 e. The summed E-state index contributed by atoms with van der Waals surface area (Å²) in [6.07, 6.45) is 5.15. The van der Waals surface area contributed by atoms with Crippen LogP contribution in [0.4, 0.5) is 0 Å². The smallest absolute Gasteiger partial charge is 0.256 e. The summed E-state index contributed by atoms with van der Waals surface area (Å²) in [5.41, 5.74) is 1.82. The van der Waals surface area contributed by atoms with Gasteiger partial charge in [-0.15, -0.1) is 0 Å². The lowest BCUT2D eigenvalue weighted by Gasteiger charge is -2.33. The molecule has 1 N–H and O–H groups in total. The van der Waals surface area contributed by atoms with Crippen LogP contribution in [0, 0.1) is 0 Å². The van der Waals surface area contributed by atoms with Crippen LogP contribution < -0.4 is 0 Å². The number of carbonyl (C=O) groups excluding carboxylic acids is 1. The van der Waals surface area contributed by atoms with Crippen LogP contribution in [0.15, 0.2) is 30.5 Å². The zero-order valence-corrected chi connectivity index (χ0v) is 14.0. The van der Waals surface area contributed by atoms with Gasteiger partial charge < -0.3 is 14.6 Å². The molecule has 1 amide bonds. The highest BCUT2D eigenvalue weighted by molar-refractivity contribution is 6.06. The lowest BCUT2D eigenvalue weighted by atomic mass is 10.1. The Morgan fingerprint density at radius 1 is 1.08 bits per heavy atom. The van der Waals surface area contributed by atoms with Gasteiger partial charge in [0.05, 0.1) is 5.56 Å². The number of nitrogens with one attached hydrogen (secondary N) is 1. The summed E-state index contributed by atoms with van der Waals surface area (Å²) in [5, 5.41) is 1.02. The monoisotopic (exact) mass is 327 g/mol. The van der Waals surface area contributed by atoms with E-state index >= 15 is 0 Å². The Kier molecular flexibility index (Phi) is 4.54. The third-order valence-corrected chi connectivity index (χ3v) is 5.34. The zero-order chi connectivity index (χ0) is 16.4. The molecule has 0 unspecified atom stereocenters. The Morgan fingerprint density at radius 3 is 2.79 bits per heavy atom. The van der Waals surface area contributed by atoms with Gasteiger partial charge in [0.1, 0.15) is 0 Å². The summed E-state index contributed by atoms with van der Waals surface area (Å²) in [4.78, 5) is 20.8. The number of aromatic nitrogens is 1. The molecule has 2 aliphatic rings. The summed E-state index contributed by atoms with van der Waals surface area (Å²) < 4.78 is 5.48. The van der Waals surface area contributed by atoms with Gasteiger partial charge in [0.25, 0.3) is 5.91 Å². The highest BCUT2D eigenvalue weighted by Gasteiger charge is 2.26. The van der Waals surface area contributed by atoms with Gasteiger partial charge in [-0.2, -0.15) is 0 Å². The van der Waals surface area contributed by atoms with Crippen LogP contribution in [-0.2, 0) is 4.74 Å². The molecule has 2 saturated heterocycles. The second-order valence-corrected chi connectivity index (χ2v) is 6.77. The van der Waals surface area contributed by atoms with Gasteiger partial charge in [-0.1, -0.05) is 18.2 Å². The van der Waals surface area contributed by atoms with Crippen molar-refractivity contribution in [3.05, 3.63) is 36.0 Å². The highest BCUT2D eigenvalue weighted by atomic mass is 16.5. The number of fused-ring (bicyclic) bond motifs is 1. The third kappa shape index (κ3) is 3.06. The van der Waals surface area contributed by atoms with E-state index in [1.807, 2.05) is 35.4 Å². The van der Waals surface area contributed by atoms with Crippen molar-refractivity contribution in [1.29, 1.82) is 0 Å². The number of aromatic amines is 1. The average molecular weight is 327 g/mol. The molecule has 1 aromatic heterocycles. The first-order valence-electron chi connectivity index (χ1n) is 9.00. The average Bonchev–Trinajstić information content (AvgIpc) is 2.91. The van der Waals surface area contributed by atoms with Crippen LogP contribution in [0.5, 0.6) is 0 Å². The Bertz CT molecular complexity index is 705. The molecule has 128 valence electrons. The number of carbonyl (C=O) groups is 1. The molecule has 3 heterocycles. The summed E-state index contributed by atoms with van der Waals surface area (Å²) in [5.74, 6) is 0.154. The first-order chi connectivity index (χ1) is 11.8. The van der Waals surface area contributed by atoms with Crippen LogP contribution >= 0.6 is 0 Å². The van der Waals surface area contributed by atoms with Crippen LogP contribution in [0.2, 0.25) is 0 Å². The standard InChI is InChI=1S/C19H25N3O2/c23-19(17-14-20-18-5-2-1-4-16(17)18)22-9-3-8-21(10-11-22)15-6-12-24-13-7-15/h1-2,4-5,14-15,20H,3,6-13H2. The van der Waals surface area contributed by atoms with Gasteiger partial charge in [-0.25, -0.2) is 0 Å². The highest BCUT2D eigenvalue weighted by Crippen LogP contribution is 2.21. The van der Waals surface area contributed by atoms with Gasteiger partial charge in [-0.05, 0) is 25.3 Å². The normalized spacial score (nSPS) is 21.1. The molecule has 4 rings (SSSR count). The molecule has 0 saturated carbocycles. The maximum absolute atomic E-state index is 13.0. The zero-order valence-electron chi connectivity index (χ0n) is 14.0. The number of rotatable bonds is 2. The Morgan fingerprint density at radius 2 is 1.92 bits per heavy atom. The van der Waals surface area contributed by atoms with E-state index in [9.17, 15) is 4.79 Å². The molecule has 1 aromatic carbocycles. The van der Waals surface area contributed by atoms with Gasteiger partial charge in [-0.3, -0.25) is 9.69 Å². The molecule has 0 spiro atoms. The topological polar surface area (TPSA) is 48.6 Å². The Labute approximate surface area is 142 Å². The molecule has 0 aliphatic carbocycles. The predicted molar refractivity (Wildman–Crippen MR) is 94.2 cm³/mol. The number of para-hydroxylation sites is 1. The van der Waals surface area contributed by atoms with Gasteiger partial charge in [0.2, 0.25) is 0 Å². The van der Waals surface area contributed by atoms with Crippen molar-refractivity contribution in [2.75, 3.05) is 39.4 Å². The molecule has 0 bridgehead atoms. The molecule has 2 aromatic rings. The lowest BCUT2D eigenvalue weighted by molar-refractivity contribution is 0.0351. The number of ether oxygens (including phenoxy) is 1. The molecule has 5 nitrogen and oxygen atoms in total. The Hall–Kier alpha value is -1.85. The van der Waals surface area contributed by atoms with Crippen molar-refractivity contribution in [2.24, 2.45) is 0 Å². The molecule has 2 aliphatic heterocycles. The van der Waals surface area contributed by atoms with E-state index in [2.05, 4.69) is 9.88 Å². The van der Waals surface area contributed by atoms with Gasteiger partial charge in [0, 0.05) is 62.5 Å². The maximum Gasteiger partial charge on any atom is 0.256 e. The van der Waals surface area contributed by atoms with Crippen LogP contribution in [-0.4, -0.2) is 66.1 Å². The summed E-state index contributed by atoms with van der Waals surface area (Å²) in [7, 11) is 0. The van der Waals surface area contributed by atoms with Crippen LogP contribution in [0.1, 0.15) is 29.6 Å². The molecule has 2 fully saturated rings. The molecular weight excluding hydrogens is 302 g/mol. The van der Waals surface area contributed by atoms with E-state index in [-0.39, 0.29) is 5.91 Å². The van der Waals surface area contributed by atoms with E-state index in [0.29, 0.717) is 6.04 Å². The second-order valence-electron chi connectivity index (χ2n) is 6.77. The van der Waals surface area contributed by atoms with Crippen molar-refractivity contribution in [3.63, 3.8) is 0 Å². The summed E-state index contributed by atoms with van der Waals surface area (Å²) in [6.45, 7) is 5.47. The van der Waals surface area contributed by atoms with E-state index in [0.717, 1.165) is 75.1 Å². The van der Waals surface area contributed by atoms with Crippen LogP contribution in [0.3, 0.4) is 0 Å². The molecule has 5 heteroatoms. The van der Waals surface area contributed by atoms with Crippen molar-refractivity contribution in [1.82, 2.24) is 14.8 Å². The van der Waals surface area contributed by atoms with E-state index in [1.165, 1.54) is 0 Å². The molecular formula is C19H25N3O2. The van der Waals surface area contributed by atoms with E-state index in [1.54, 1.807) is 0 Å². The fourth-order valence-electron chi connectivity index (χ4n) is 3.97. The second kappa shape index (κ2) is 6.95. The molecule has 0 atom stereocenters. The van der Waals surface area contributed by atoms with Gasteiger partial charge in [0.15, 0.2) is 0 Å². The molecule has 24 heavy (non-hydrogen) atoms. The first kappa shape index (κ1) is 15.7. The number of hydrogen-bond acceptors (Lipinski definition) is 3. The predicted octanol–water partition coefficient (Wildman–Crippen LogP) is 2.49. The van der Waals surface area contributed by atoms with Gasteiger partial charge >= 0.3 is 0 Å².